The first-order chi connectivity index (χ1) is 10.9. The van der Waals surface area contributed by atoms with Gasteiger partial charge >= 0.3 is 0 Å². The van der Waals surface area contributed by atoms with Crippen molar-refractivity contribution in [3.8, 4) is 5.75 Å². The first kappa shape index (κ1) is 15.8. The van der Waals surface area contributed by atoms with E-state index in [0.29, 0.717) is 0 Å². The van der Waals surface area contributed by atoms with Gasteiger partial charge in [0.15, 0.2) is 0 Å². The van der Waals surface area contributed by atoms with Crippen LogP contribution in [0.3, 0.4) is 0 Å². The number of benzene rings is 1. The zero-order valence-corrected chi connectivity index (χ0v) is 14.2. The number of hydrogen-bond acceptors (Lipinski definition) is 3. The molecule has 2 saturated carbocycles. The SMILES string of the molecule is COc1ccc(NC(=O)C2(C3(C(=O)N(C)C)CC3)CC2)c(C)c1. The van der Waals surface area contributed by atoms with Gasteiger partial charge in [-0.05, 0) is 56.4 Å². The maximum Gasteiger partial charge on any atom is 0.231 e. The molecule has 23 heavy (non-hydrogen) atoms. The maximum atomic E-state index is 12.9. The molecule has 0 saturated heterocycles. The van der Waals surface area contributed by atoms with Crippen molar-refractivity contribution in [2.45, 2.75) is 32.6 Å². The van der Waals surface area contributed by atoms with Gasteiger partial charge in [0, 0.05) is 19.8 Å². The van der Waals surface area contributed by atoms with Gasteiger partial charge in [0.1, 0.15) is 5.75 Å². The van der Waals surface area contributed by atoms with Gasteiger partial charge in [0.2, 0.25) is 11.8 Å². The fraction of sp³-hybridized carbons (Fsp3) is 0.556. The Bertz CT molecular complexity index is 658. The van der Waals surface area contributed by atoms with Gasteiger partial charge in [0.05, 0.1) is 17.9 Å². The molecular formula is C18H24N2O3. The predicted octanol–water partition coefficient (Wildman–Crippen LogP) is 2.59. The average Bonchev–Trinajstić information content (AvgIpc) is 3.39. The average molecular weight is 316 g/mol. The monoisotopic (exact) mass is 316 g/mol. The molecule has 124 valence electrons. The number of amides is 2. The van der Waals surface area contributed by atoms with Crippen molar-refractivity contribution in [2.75, 3.05) is 26.5 Å². The molecule has 1 N–H and O–H groups in total. The van der Waals surface area contributed by atoms with Crippen LogP contribution in [0.25, 0.3) is 0 Å². The fourth-order valence-electron chi connectivity index (χ4n) is 3.64. The van der Waals surface area contributed by atoms with E-state index in [9.17, 15) is 9.59 Å². The number of ether oxygens (including phenoxy) is 1. The third kappa shape index (κ3) is 2.38. The van der Waals surface area contributed by atoms with E-state index in [1.807, 2.05) is 25.1 Å². The molecule has 0 spiro atoms. The maximum absolute atomic E-state index is 12.9. The Labute approximate surface area is 137 Å². The van der Waals surface area contributed by atoms with Crippen LogP contribution in [-0.2, 0) is 9.59 Å². The lowest BCUT2D eigenvalue weighted by atomic mass is 9.83. The first-order valence-electron chi connectivity index (χ1n) is 8.04. The summed E-state index contributed by atoms with van der Waals surface area (Å²) in [5.41, 5.74) is 0.759. The number of anilines is 1. The molecule has 0 radical (unpaired) electrons. The van der Waals surface area contributed by atoms with Gasteiger partial charge in [-0.1, -0.05) is 0 Å². The number of rotatable bonds is 5. The summed E-state index contributed by atoms with van der Waals surface area (Å²) in [7, 11) is 5.16. The highest BCUT2D eigenvalue weighted by Crippen LogP contribution is 2.71. The Kier molecular flexibility index (Phi) is 3.62. The molecule has 1 aromatic rings. The summed E-state index contributed by atoms with van der Waals surface area (Å²) in [6, 6.07) is 5.59. The van der Waals surface area contributed by atoms with Crippen LogP contribution in [0.4, 0.5) is 5.69 Å². The van der Waals surface area contributed by atoms with Crippen molar-refractivity contribution < 1.29 is 14.3 Å². The standard InChI is InChI=1S/C18H24N2O3/c1-12-11-13(23-4)5-6-14(12)19-15(21)17(7-8-17)18(9-10-18)16(22)20(2)3/h5-6,11H,7-10H2,1-4H3,(H,19,21). The Hall–Kier alpha value is -2.04. The van der Waals surface area contributed by atoms with Gasteiger partial charge in [-0.25, -0.2) is 0 Å². The highest BCUT2D eigenvalue weighted by Gasteiger charge is 2.73. The molecule has 2 aliphatic carbocycles. The van der Waals surface area contributed by atoms with Crippen molar-refractivity contribution in [3.05, 3.63) is 23.8 Å². The third-order valence-electron chi connectivity index (χ3n) is 5.35. The van der Waals surface area contributed by atoms with Crippen LogP contribution >= 0.6 is 0 Å². The van der Waals surface area contributed by atoms with Crippen molar-refractivity contribution in [1.82, 2.24) is 4.90 Å². The second kappa shape index (κ2) is 5.25. The summed E-state index contributed by atoms with van der Waals surface area (Å²) in [5.74, 6) is 0.846. The lowest BCUT2D eigenvalue weighted by Gasteiger charge is -2.28. The van der Waals surface area contributed by atoms with E-state index < -0.39 is 10.8 Å². The quantitative estimate of drug-likeness (QED) is 0.908. The highest BCUT2D eigenvalue weighted by atomic mass is 16.5. The fourth-order valence-corrected chi connectivity index (χ4v) is 3.64. The molecule has 2 aliphatic rings. The Morgan fingerprint density at radius 2 is 1.74 bits per heavy atom. The van der Waals surface area contributed by atoms with Crippen LogP contribution in [0.5, 0.6) is 5.75 Å². The van der Waals surface area contributed by atoms with E-state index in [0.717, 1.165) is 42.7 Å². The zero-order valence-electron chi connectivity index (χ0n) is 14.2. The predicted molar refractivity (Wildman–Crippen MR) is 88.4 cm³/mol. The number of nitrogens with one attached hydrogen (secondary N) is 1. The topological polar surface area (TPSA) is 58.6 Å². The van der Waals surface area contributed by atoms with Crippen molar-refractivity contribution in [2.24, 2.45) is 10.8 Å². The summed E-state index contributed by atoms with van der Waals surface area (Å²) in [6.07, 6.45) is 3.24. The van der Waals surface area contributed by atoms with E-state index in [1.165, 1.54) is 0 Å². The minimum Gasteiger partial charge on any atom is -0.497 e. The molecule has 3 rings (SSSR count). The van der Waals surface area contributed by atoms with Crippen molar-refractivity contribution in [1.29, 1.82) is 0 Å². The van der Waals surface area contributed by atoms with Crippen LogP contribution in [0.2, 0.25) is 0 Å². The van der Waals surface area contributed by atoms with Gasteiger partial charge in [-0.3, -0.25) is 9.59 Å². The van der Waals surface area contributed by atoms with E-state index in [2.05, 4.69) is 5.32 Å². The van der Waals surface area contributed by atoms with Gasteiger partial charge in [-0.15, -0.1) is 0 Å². The summed E-state index contributed by atoms with van der Waals surface area (Å²) in [4.78, 5) is 27.1. The van der Waals surface area contributed by atoms with Gasteiger partial charge in [0.25, 0.3) is 0 Å². The molecule has 0 bridgehead atoms. The molecular weight excluding hydrogens is 292 g/mol. The number of methoxy groups -OCH3 is 1. The van der Waals surface area contributed by atoms with Crippen LogP contribution in [0, 0.1) is 17.8 Å². The van der Waals surface area contributed by atoms with Gasteiger partial charge < -0.3 is 15.0 Å². The second-order valence-corrected chi connectivity index (χ2v) is 7.00. The minimum atomic E-state index is -0.513. The van der Waals surface area contributed by atoms with Crippen molar-refractivity contribution in [3.63, 3.8) is 0 Å². The third-order valence-corrected chi connectivity index (χ3v) is 5.35. The number of carbonyl (C=O) groups excluding carboxylic acids is 2. The molecule has 5 heteroatoms. The Balaban J connectivity index is 1.80. The second-order valence-electron chi connectivity index (χ2n) is 7.00. The van der Waals surface area contributed by atoms with E-state index in [4.69, 9.17) is 4.74 Å². The summed E-state index contributed by atoms with van der Waals surface area (Å²) in [5, 5.41) is 3.04. The molecule has 0 unspecified atom stereocenters. The van der Waals surface area contributed by atoms with Crippen LogP contribution < -0.4 is 10.1 Å². The van der Waals surface area contributed by atoms with Crippen LogP contribution in [-0.4, -0.2) is 37.9 Å². The molecule has 0 aromatic heterocycles. The normalized spacial score (nSPS) is 19.7. The number of hydrogen-bond donors (Lipinski definition) is 1. The number of nitrogens with zero attached hydrogens (tertiary/aromatic N) is 1. The summed E-state index contributed by atoms with van der Waals surface area (Å²) in [6.45, 7) is 1.94. The largest absolute Gasteiger partial charge is 0.497 e. The minimum absolute atomic E-state index is 0.0153. The highest BCUT2D eigenvalue weighted by molar-refractivity contribution is 6.03. The van der Waals surface area contributed by atoms with E-state index in [1.54, 1.807) is 26.1 Å². The Morgan fingerprint density at radius 1 is 1.13 bits per heavy atom. The number of carbonyl (C=O) groups is 2. The molecule has 2 fully saturated rings. The van der Waals surface area contributed by atoms with E-state index in [-0.39, 0.29) is 11.8 Å². The summed E-state index contributed by atoms with van der Waals surface area (Å²) < 4.78 is 5.19. The van der Waals surface area contributed by atoms with Crippen LogP contribution in [0.15, 0.2) is 18.2 Å². The molecule has 5 nitrogen and oxygen atoms in total. The lowest BCUT2D eigenvalue weighted by Crippen LogP contribution is -2.42. The van der Waals surface area contributed by atoms with Crippen LogP contribution in [0.1, 0.15) is 31.2 Å². The Morgan fingerprint density at radius 3 is 2.17 bits per heavy atom. The zero-order chi connectivity index (χ0) is 16.8. The van der Waals surface area contributed by atoms with Gasteiger partial charge in [-0.2, -0.15) is 0 Å². The van der Waals surface area contributed by atoms with Crippen molar-refractivity contribution >= 4 is 17.5 Å². The smallest absolute Gasteiger partial charge is 0.231 e. The lowest BCUT2D eigenvalue weighted by molar-refractivity contribution is -0.141. The number of aryl methyl sites for hydroxylation is 1. The van der Waals surface area contributed by atoms with E-state index >= 15 is 0 Å². The molecule has 0 aliphatic heterocycles. The molecule has 0 heterocycles. The molecule has 1 aromatic carbocycles. The molecule has 2 amide bonds. The summed E-state index contributed by atoms with van der Waals surface area (Å²) >= 11 is 0. The molecule has 0 atom stereocenters. The first-order valence-corrected chi connectivity index (χ1v) is 8.04.